The van der Waals surface area contributed by atoms with Crippen LogP contribution in [0.5, 0.6) is 0 Å². The first-order valence-corrected chi connectivity index (χ1v) is 4.91. The monoisotopic (exact) mass is 249 g/mol. The lowest BCUT2D eigenvalue weighted by Gasteiger charge is -2.25. The summed E-state index contributed by atoms with van der Waals surface area (Å²) >= 11 is 3.57. The average molecular weight is 251 g/mol. The molecule has 2 bridgehead atoms. The Morgan fingerprint density at radius 2 is 2.08 bits per heavy atom. The highest BCUT2D eigenvalue weighted by Crippen LogP contribution is 2.24. The van der Waals surface area contributed by atoms with Gasteiger partial charge in [0.05, 0.1) is 0 Å². The molecule has 0 saturated heterocycles. The van der Waals surface area contributed by atoms with Gasteiger partial charge in [0.1, 0.15) is 0 Å². The molecule has 0 aliphatic carbocycles. The standard InChI is InChI=1S/C9H12BrN.ClH/c10-7-5-8-3-1-2-4-9(6-7)11-8;/h1-2,5,8-9,11H,3-4,6H2;1H/t8-,9+;/m1./s1. The van der Waals surface area contributed by atoms with Gasteiger partial charge in [-0.25, -0.2) is 0 Å². The highest BCUT2D eigenvalue weighted by atomic mass is 79.9. The summed E-state index contributed by atoms with van der Waals surface area (Å²) in [5, 5.41) is 3.58. The second-order valence-corrected chi connectivity index (χ2v) is 4.25. The van der Waals surface area contributed by atoms with Crippen LogP contribution in [-0.2, 0) is 0 Å². The molecule has 1 N–H and O–H groups in total. The van der Waals surface area contributed by atoms with Crippen molar-refractivity contribution in [3.63, 3.8) is 0 Å². The Kier molecular flexibility index (Phi) is 3.81. The normalized spacial score (nSPS) is 33.2. The number of halogens is 2. The van der Waals surface area contributed by atoms with Crippen LogP contribution < -0.4 is 5.32 Å². The maximum atomic E-state index is 3.58. The third-order valence-corrected chi connectivity index (χ3v) is 2.84. The van der Waals surface area contributed by atoms with Crippen molar-refractivity contribution in [3.05, 3.63) is 22.7 Å². The molecule has 0 radical (unpaired) electrons. The van der Waals surface area contributed by atoms with Crippen molar-refractivity contribution in [2.24, 2.45) is 0 Å². The average Bonchev–Trinajstić information content (AvgIpc) is 2.11. The van der Waals surface area contributed by atoms with Crippen molar-refractivity contribution >= 4 is 28.3 Å². The first-order valence-electron chi connectivity index (χ1n) is 4.12. The maximum absolute atomic E-state index is 3.58. The van der Waals surface area contributed by atoms with E-state index in [0.29, 0.717) is 12.1 Å². The van der Waals surface area contributed by atoms with E-state index < -0.39 is 0 Å². The Balaban J connectivity index is 0.000000720. The minimum absolute atomic E-state index is 0. The summed E-state index contributed by atoms with van der Waals surface area (Å²) in [5.41, 5.74) is 0. The van der Waals surface area contributed by atoms with Crippen LogP contribution in [0.4, 0.5) is 0 Å². The van der Waals surface area contributed by atoms with Crippen molar-refractivity contribution in [1.82, 2.24) is 5.32 Å². The van der Waals surface area contributed by atoms with Gasteiger partial charge in [0.25, 0.3) is 0 Å². The van der Waals surface area contributed by atoms with Gasteiger partial charge in [0.2, 0.25) is 0 Å². The van der Waals surface area contributed by atoms with Crippen molar-refractivity contribution in [2.75, 3.05) is 0 Å². The molecule has 3 heteroatoms. The van der Waals surface area contributed by atoms with Crippen LogP contribution in [0.2, 0.25) is 0 Å². The Labute approximate surface area is 87.8 Å². The molecule has 0 aromatic rings. The molecule has 0 amide bonds. The molecule has 2 aliphatic rings. The summed E-state index contributed by atoms with van der Waals surface area (Å²) in [5.74, 6) is 0. The summed E-state index contributed by atoms with van der Waals surface area (Å²) in [6.45, 7) is 0. The lowest BCUT2D eigenvalue weighted by atomic mass is 10.0. The fraction of sp³-hybridized carbons (Fsp3) is 0.556. The Morgan fingerprint density at radius 3 is 2.92 bits per heavy atom. The third kappa shape index (κ3) is 2.35. The van der Waals surface area contributed by atoms with Crippen molar-refractivity contribution in [3.8, 4) is 0 Å². The van der Waals surface area contributed by atoms with E-state index in [1.807, 2.05) is 0 Å². The zero-order valence-corrected chi connectivity index (χ0v) is 9.20. The van der Waals surface area contributed by atoms with Crippen molar-refractivity contribution < 1.29 is 0 Å². The first-order chi connectivity index (χ1) is 5.34. The van der Waals surface area contributed by atoms with Gasteiger partial charge >= 0.3 is 0 Å². The smallest absolute Gasteiger partial charge is 0.0298 e. The Bertz CT molecular complexity index is 213. The van der Waals surface area contributed by atoms with Crippen LogP contribution >= 0.6 is 28.3 Å². The van der Waals surface area contributed by atoms with E-state index in [1.54, 1.807) is 0 Å². The predicted molar refractivity (Wildman–Crippen MR) is 58.0 cm³/mol. The van der Waals surface area contributed by atoms with Crippen LogP contribution in [-0.4, -0.2) is 12.1 Å². The molecule has 0 fully saturated rings. The molecule has 2 rings (SSSR count). The number of rotatable bonds is 0. The zero-order chi connectivity index (χ0) is 7.68. The minimum atomic E-state index is 0. The molecule has 1 nitrogen and oxygen atoms in total. The van der Waals surface area contributed by atoms with Gasteiger partial charge < -0.3 is 5.32 Å². The SMILES string of the molecule is BrC1=C[C@H]2CC=CC[C@@H](C1)N2.Cl. The second kappa shape index (κ2) is 4.45. The molecule has 0 aromatic heterocycles. The predicted octanol–water partition coefficient (Wildman–Crippen LogP) is 2.77. The Morgan fingerprint density at radius 1 is 1.33 bits per heavy atom. The lowest BCUT2D eigenvalue weighted by Crippen LogP contribution is -2.38. The van der Waals surface area contributed by atoms with E-state index in [1.165, 1.54) is 10.9 Å². The van der Waals surface area contributed by atoms with Crippen molar-refractivity contribution in [1.29, 1.82) is 0 Å². The number of hydrogen-bond acceptors (Lipinski definition) is 1. The fourth-order valence-corrected chi connectivity index (χ4v) is 2.43. The summed E-state index contributed by atoms with van der Waals surface area (Å²) in [6.07, 6.45) is 10.3. The van der Waals surface area contributed by atoms with Crippen LogP contribution in [0.3, 0.4) is 0 Å². The van der Waals surface area contributed by atoms with Gasteiger partial charge in [-0.15, -0.1) is 12.4 Å². The molecule has 2 heterocycles. The molecule has 2 aliphatic heterocycles. The lowest BCUT2D eigenvalue weighted by molar-refractivity contribution is 0.464. The third-order valence-electron chi connectivity index (χ3n) is 2.25. The van der Waals surface area contributed by atoms with Crippen LogP contribution in [0.15, 0.2) is 22.7 Å². The minimum Gasteiger partial charge on any atom is -0.307 e. The second-order valence-electron chi connectivity index (χ2n) is 3.23. The Hall–Kier alpha value is 0.210. The molecular formula is C9H13BrClN. The van der Waals surface area contributed by atoms with E-state index in [4.69, 9.17) is 0 Å². The molecule has 0 aromatic carbocycles. The molecule has 68 valence electrons. The topological polar surface area (TPSA) is 12.0 Å². The van der Waals surface area contributed by atoms with E-state index in [2.05, 4.69) is 39.5 Å². The van der Waals surface area contributed by atoms with Crippen LogP contribution in [0.1, 0.15) is 19.3 Å². The maximum Gasteiger partial charge on any atom is 0.0298 e. The molecule has 2 atom stereocenters. The molecule has 0 spiro atoms. The summed E-state index contributed by atoms with van der Waals surface area (Å²) in [7, 11) is 0. The zero-order valence-electron chi connectivity index (χ0n) is 6.79. The summed E-state index contributed by atoms with van der Waals surface area (Å²) in [4.78, 5) is 0. The molecular weight excluding hydrogens is 237 g/mol. The van der Waals surface area contributed by atoms with Crippen LogP contribution in [0, 0.1) is 0 Å². The van der Waals surface area contributed by atoms with Gasteiger partial charge in [-0.05, 0) is 23.7 Å². The largest absolute Gasteiger partial charge is 0.307 e. The fourth-order valence-electron chi connectivity index (χ4n) is 1.72. The van der Waals surface area contributed by atoms with Gasteiger partial charge in [0, 0.05) is 12.1 Å². The van der Waals surface area contributed by atoms with Gasteiger partial charge in [0.15, 0.2) is 0 Å². The number of fused-ring (bicyclic) bond motifs is 2. The molecule has 0 saturated carbocycles. The first kappa shape index (κ1) is 10.3. The van der Waals surface area contributed by atoms with E-state index in [-0.39, 0.29) is 12.4 Å². The van der Waals surface area contributed by atoms with E-state index in [9.17, 15) is 0 Å². The van der Waals surface area contributed by atoms with Crippen LogP contribution in [0.25, 0.3) is 0 Å². The highest BCUT2D eigenvalue weighted by Gasteiger charge is 2.20. The number of hydrogen-bond donors (Lipinski definition) is 1. The van der Waals surface area contributed by atoms with Gasteiger partial charge in [-0.2, -0.15) is 0 Å². The van der Waals surface area contributed by atoms with E-state index >= 15 is 0 Å². The quantitative estimate of drug-likeness (QED) is 0.652. The summed E-state index contributed by atoms with van der Waals surface area (Å²) in [6, 6.07) is 1.24. The molecule has 12 heavy (non-hydrogen) atoms. The van der Waals surface area contributed by atoms with Crippen molar-refractivity contribution in [2.45, 2.75) is 31.3 Å². The van der Waals surface area contributed by atoms with Gasteiger partial charge in [-0.3, -0.25) is 0 Å². The number of nitrogens with one attached hydrogen (secondary N) is 1. The summed E-state index contributed by atoms with van der Waals surface area (Å²) < 4.78 is 1.37. The van der Waals surface area contributed by atoms with Gasteiger partial charge in [-0.1, -0.05) is 34.2 Å². The van der Waals surface area contributed by atoms with E-state index in [0.717, 1.165) is 12.8 Å². The highest BCUT2D eigenvalue weighted by molar-refractivity contribution is 9.11. The molecule has 0 unspecified atom stereocenters.